The van der Waals surface area contributed by atoms with Gasteiger partial charge in [-0.15, -0.1) is 0 Å². The summed E-state index contributed by atoms with van der Waals surface area (Å²) in [4.78, 5) is 13.3. The molecule has 0 aromatic heterocycles. The summed E-state index contributed by atoms with van der Waals surface area (Å²) >= 11 is 0. The first-order valence-corrected chi connectivity index (χ1v) is 6.57. The molecular formula is C12H23N3O2. The van der Waals surface area contributed by atoms with Crippen molar-refractivity contribution in [2.75, 3.05) is 32.7 Å². The number of carboxylic acids is 1. The Balaban J connectivity index is 1.81. The van der Waals surface area contributed by atoms with E-state index in [2.05, 4.69) is 22.5 Å². The number of carboxylic acid groups (broad SMARTS) is 1. The zero-order valence-electron chi connectivity index (χ0n) is 10.5. The van der Waals surface area contributed by atoms with Gasteiger partial charge < -0.3 is 15.7 Å². The summed E-state index contributed by atoms with van der Waals surface area (Å²) in [6.45, 7) is 6.94. The Kier molecular flexibility index (Phi) is 4.01. The van der Waals surface area contributed by atoms with E-state index in [1.54, 1.807) is 0 Å². The van der Waals surface area contributed by atoms with Crippen LogP contribution in [0.15, 0.2) is 0 Å². The van der Waals surface area contributed by atoms with Crippen LogP contribution in [0.2, 0.25) is 0 Å². The van der Waals surface area contributed by atoms with Gasteiger partial charge in [-0.05, 0) is 25.9 Å². The van der Waals surface area contributed by atoms with Gasteiger partial charge in [0.1, 0.15) is 0 Å². The van der Waals surface area contributed by atoms with Gasteiger partial charge in [0.25, 0.3) is 0 Å². The van der Waals surface area contributed by atoms with Gasteiger partial charge in [-0.3, -0.25) is 9.69 Å². The molecule has 0 aromatic carbocycles. The molecule has 98 valence electrons. The van der Waals surface area contributed by atoms with Gasteiger partial charge in [0.2, 0.25) is 0 Å². The van der Waals surface area contributed by atoms with E-state index in [1.165, 1.54) is 19.4 Å². The first-order valence-electron chi connectivity index (χ1n) is 6.57. The SMILES string of the molecule is CCN1CCCC1CNC1(CC(=O)O)CNC1. The van der Waals surface area contributed by atoms with Gasteiger partial charge in [-0.25, -0.2) is 0 Å². The number of nitrogens with one attached hydrogen (secondary N) is 2. The number of likely N-dealkylation sites (N-methyl/N-ethyl adjacent to an activating group) is 1. The molecule has 0 spiro atoms. The average Bonchev–Trinajstić information content (AvgIpc) is 2.68. The molecule has 0 bridgehead atoms. The lowest BCUT2D eigenvalue weighted by Gasteiger charge is -2.43. The molecule has 2 aliphatic heterocycles. The number of carbonyl (C=O) groups is 1. The molecule has 0 aliphatic carbocycles. The van der Waals surface area contributed by atoms with Crippen molar-refractivity contribution in [1.82, 2.24) is 15.5 Å². The molecule has 2 heterocycles. The van der Waals surface area contributed by atoms with Gasteiger partial charge in [0.05, 0.1) is 12.0 Å². The lowest BCUT2D eigenvalue weighted by Crippen LogP contribution is -2.69. The number of rotatable bonds is 6. The summed E-state index contributed by atoms with van der Waals surface area (Å²) in [6, 6.07) is 0.589. The van der Waals surface area contributed by atoms with Crippen LogP contribution in [0.25, 0.3) is 0 Å². The molecule has 0 radical (unpaired) electrons. The van der Waals surface area contributed by atoms with Crippen molar-refractivity contribution in [3.63, 3.8) is 0 Å². The average molecular weight is 241 g/mol. The van der Waals surface area contributed by atoms with E-state index in [-0.39, 0.29) is 12.0 Å². The standard InChI is InChI=1S/C12H23N3O2/c1-2-15-5-3-4-10(15)7-14-12(6-11(16)17)8-13-9-12/h10,13-14H,2-9H2,1H3,(H,16,17). The molecule has 2 aliphatic rings. The van der Waals surface area contributed by atoms with Crippen LogP contribution in [0.3, 0.4) is 0 Å². The van der Waals surface area contributed by atoms with Crippen molar-refractivity contribution in [3.8, 4) is 0 Å². The van der Waals surface area contributed by atoms with Crippen LogP contribution in [0.1, 0.15) is 26.2 Å². The van der Waals surface area contributed by atoms with E-state index in [1.807, 2.05) is 0 Å². The van der Waals surface area contributed by atoms with Crippen LogP contribution in [0, 0.1) is 0 Å². The number of aliphatic carboxylic acids is 1. The second kappa shape index (κ2) is 5.33. The summed E-state index contributed by atoms with van der Waals surface area (Å²) in [5.41, 5.74) is -0.201. The molecular weight excluding hydrogens is 218 g/mol. The molecule has 1 atom stereocenters. The van der Waals surface area contributed by atoms with E-state index in [4.69, 9.17) is 5.11 Å². The fourth-order valence-electron chi connectivity index (χ4n) is 2.91. The molecule has 3 N–H and O–H groups in total. The Morgan fingerprint density at radius 3 is 2.88 bits per heavy atom. The highest BCUT2D eigenvalue weighted by Crippen LogP contribution is 2.20. The summed E-state index contributed by atoms with van der Waals surface area (Å²) in [7, 11) is 0. The van der Waals surface area contributed by atoms with Crippen molar-refractivity contribution in [3.05, 3.63) is 0 Å². The second-order valence-corrected chi connectivity index (χ2v) is 5.26. The van der Waals surface area contributed by atoms with Gasteiger partial charge in [0.15, 0.2) is 0 Å². The molecule has 0 aromatic rings. The molecule has 5 heteroatoms. The van der Waals surface area contributed by atoms with Crippen molar-refractivity contribution < 1.29 is 9.90 Å². The second-order valence-electron chi connectivity index (χ2n) is 5.26. The minimum Gasteiger partial charge on any atom is -0.481 e. The van der Waals surface area contributed by atoms with Crippen molar-refractivity contribution in [2.24, 2.45) is 0 Å². The van der Waals surface area contributed by atoms with Crippen molar-refractivity contribution in [2.45, 2.75) is 37.8 Å². The van der Waals surface area contributed by atoms with E-state index in [0.29, 0.717) is 6.04 Å². The van der Waals surface area contributed by atoms with Gasteiger partial charge in [-0.1, -0.05) is 6.92 Å². The fraction of sp³-hybridized carbons (Fsp3) is 0.917. The zero-order chi connectivity index (χ0) is 12.3. The minimum atomic E-state index is -0.710. The Labute approximate surface area is 103 Å². The number of nitrogens with zero attached hydrogens (tertiary/aromatic N) is 1. The number of likely N-dealkylation sites (tertiary alicyclic amines) is 1. The summed E-state index contributed by atoms with van der Waals surface area (Å²) in [5, 5.41) is 15.6. The lowest BCUT2D eigenvalue weighted by atomic mass is 9.88. The van der Waals surface area contributed by atoms with Crippen LogP contribution >= 0.6 is 0 Å². The van der Waals surface area contributed by atoms with Crippen molar-refractivity contribution in [1.29, 1.82) is 0 Å². The van der Waals surface area contributed by atoms with E-state index in [0.717, 1.165) is 26.2 Å². The highest BCUT2D eigenvalue weighted by Gasteiger charge is 2.39. The monoisotopic (exact) mass is 241 g/mol. The predicted molar refractivity (Wildman–Crippen MR) is 66.1 cm³/mol. The molecule has 2 saturated heterocycles. The number of hydrogen-bond donors (Lipinski definition) is 3. The molecule has 1 unspecified atom stereocenters. The smallest absolute Gasteiger partial charge is 0.305 e. The van der Waals surface area contributed by atoms with Gasteiger partial charge >= 0.3 is 5.97 Å². The highest BCUT2D eigenvalue weighted by molar-refractivity contribution is 5.68. The fourth-order valence-corrected chi connectivity index (χ4v) is 2.91. The van der Waals surface area contributed by atoms with Gasteiger partial charge in [-0.2, -0.15) is 0 Å². The first kappa shape index (κ1) is 12.8. The Morgan fingerprint density at radius 2 is 2.35 bits per heavy atom. The van der Waals surface area contributed by atoms with Crippen LogP contribution in [-0.2, 0) is 4.79 Å². The van der Waals surface area contributed by atoms with Crippen LogP contribution in [-0.4, -0.2) is 60.3 Å². The Morgan fingerprint density at radius 1 is 1.59 bits per heavy atom. The summed E-state index contributed by atoms with van der Waals surface area (Å²) < 4.78 is 0. The Hall–Kier alpha value is -0.650. The zero-order valence-corrected chi connectivity index (χ0v) is 10.5. The topological polar surface area (TPSA) is 64.6 Å². The number of hydrogen-bond acceptors (Lipinski definition) is 4. The predicted octanol–water partition coefficient (Wildman–Crippen LogP) is -0.123. The van der Waals surface area contributed by atoms with E-state index >= 15 is 0 Å². The molecule has 2 fully saturated rings. The largest absolute Gasteiger partial charge is 0.481 e. The van der Waals surface area contributed by atoms with Crippen LogP contribution in [0.4, 0.5) is 0 Å². The normalized spacial score (nSPS) is 27.9. The Bertz CT molecular complexity index is 279. The molecule has 0 amide bonds. The quantitative estimate of drug-likeness (QED) is 0.605. The minimum absolute atomic E-state index is 0.201. The molecule has 17 heavy (non-hydrogen) atoms. The van der Waals surface area contributed by atoms with E-state index in [9.17, 15) is 4.79 Å². The van der Waals surface area contributed by atoms with Crippen LogP contribution in [0.5, 0.6) is 0 Å². The van der Waals surface area contributed by atoms with E-state index < -0.39 is 5.97 Å². The summed E-state index contributed by atoms with van der Waals surface area (Å²) in [5.74, 6) is -0.710. The van der Waals surface area contributed by atoms with Crippen LogP contribution < -0.4 is 10.6 Å². The van der Waals surface area contributed by atoms with Gasteiger partial charge in [0, 0.05) is 25.7 Å². The lowest BCUT2D eigenvalue weighted by molar-refractivity contribution is -0.139. The third kappa shape index (κ3) is 2.97. The molecule has 5 nitrogen and oxygen atoms in total. The third-order valence-corrected chi connectivity index (χ3v) is 4.03. The highest BCUT2D eigenvalue weighted by atomic mass is 16.4. The molecule has 2 rings (SSSR count). The van der Waals surface area contributed by atoms with Crippen molar-refractivity contribution >= 4 is 5.97 Å². The maximum Gasteiger partial charge on any atom is 0.305 e. The maximum atomic E-state index is 10.8. The third-order valence-electron chi connectivity index (χ3n) is 4.03. The summed E-state index contributed by atoms with van der Waals surface area (Å²) in [6.07, 6.45) is 2.72. The first-order chi connectivity index (χ1) is 8.15. The molecule has 0 saturated carbocycles. The maximum absolute atomic E-state index is 10.8.